The summed E-state index contributed by atoms with van der Waals surface area (Å²) in [6, 6.07) is 9.66. The van der Waals surface area contributed by atoms with Gasteiger partial charge in [0.1, 0.15) is 0 Å². The number of imide groups is 1. The number of hydrogen-bond acceptors (Lipinski definition) is 2. The van der Waals surface area contributed by atoms with E-state index in [1.54, 1.807) is 0 Å². The minimum Gasteiger partial charge on any atom is -0.465 e. The van der Waals surface area contributed by atoms with Gasteiger partial charge in [-0.25, -0.2) is 9.69 Å². The first kappa shape index (κ1) is 11.6. The molecule has 0 aromatic heterocycles. The van der Waals surface area contributed by atoms with Gasteiger partial charge in [-0.3, -0.25) is 4.79 Å². The minimum absolute atomic E-state index is 0.295. The fraction of sp³-hybridized carbons (Fsp3) is 0.385. The van der Waals surface area contributed by atoms with Crippen LogP contribution in [0, 0.1) is 0 Å². The standard InChI is InChI=1S/C13H15NO3/c1-13(9-10-5-3-2-4-6-10)8-7-11(15)14(13)12(16)17/h2-6H,7-9H2,1H3,(H,16,17). The molecule has 2 amide bonds. The molecule has 2 rings (SSSR count). The van der Waals surface area contributed by atoms with E-state index in [9.17, 15) is 9.59 Å². The average Bonchev–Trinajstić information content (AvgIpc) is 2.55. The Balaban J connectivity index is 2.24. The predicted molar refractivity (Wildman–Crippen MR) is 62.7 cm³/mol. The van der Waals surface area contributed by atoms with Crippen LogP contribution in [-0.2, 0) is 11.2 Å². The summed E-state index contributed by atoms with van der Waals surface area (Å²) < 4.78 is 0. The van der Waals surface area contributed by atoms with Gasteiger partial charge in [0.15, 0.2) is 0 Å². The van der Waals surface area contributed by atoms with Crippen molar-refractivity contribution in [2.45, 2.75) is 31.7 Å². The molecular formula is C13H15NO3. The molecule has 1 fully saturated rings. The first-order valence-electron chi connectivity index (χ1n) is 5.63. The van der Waals surface area contributed by atoms with E-state index < -0.39 is 11.6 Å². The van der Waals surface area contributed by atoms with Gasteiger partial charge in [0.25, 0.3) is 0 Å². The Morgan fingerprint density at radius 2 is 2.06 bits per heavy atom. The molecule has 1 saturated heterocycles. The van der Waals surface area contributed by atoms with Gasteiger partial charge in [-0.15, -0.1) is 0 Å². The molecule has 1 aromatic carbocycles. The summed E-state index contributed by atoms with van der Waals surface area (Å²) in [4.78, 5) is 23.7. The van der Waals surface area contributed by atoms with Crippen LogP contribution in [0.2, 0.25) is 0 Å². The number of amides is 2. The summed E-state index contributed by atoms with van der Waals surface area (Å²) in [5, 5.41) is 9.10. The molecule has 0 aliphatic carbocycles. The smallest absolute Gasteiger partial charge is 0.414 e. The number of carbonyl (C=O) groups is 2. The number of carboxylic acid groups (broad SMARTS) is 1. The lowest BCUT2D eigenvalue weighted by molar-refractivity contribution is -0.128. The molecule has 1 N–H and O–H groups in total. The molecule has 4 heteroatoms. The minimum atomic E-state index is -1.15. The molecule has 1 aliphatic heterocycles. The van der Waals surface area contributed by atoms with E-state index in [2.05, 4.69) is 0 Å². The van der Waals surface area contributed by atoms with Crippen LogP contribution in [0.5, 0.6) is 0 Å². The summed E-state index contributed by atoms with van der Waals surface area (Å²) in [6.45, 7) is 1.83. The number of rotatable bonds is 2. The van der Waals surface area contributed by atoms with E-state index >= 15 is 0 Å². The summed E-state index contributed by atoms with van der Waals surface area (Å²) >= 11 is 0. The van der Waals surface area contributed by atoms with Crippen molar-refractivity contribution in [1.82, 2.24) is 4.90 Å². The third-order valence-corrected chi connectivity index (χ3v) is 3.29. The molecule has 0 bridgehead atoms. The van der Waals surface area contributed by atoms with Gasteiger partial charge in [-0.2, -0.15) is 0 Å². The molecule has 17 heavy (non-hydrogen) atoms. The molecule has 1 unspecified atom stereocenters. The second-order valence-electron chi connectivity index (χ2n) is 4.67. The van der Waals surface area contributed by atoms with Gasteiger partial charge in [0.2, 0.25) is 5.91 Å². The van der Waals surface area contributed by atoms with Crippen molar-refractivity contribution in [1.29, 1.82) is 0 Å². The van der Waals surface area contributed by atoms with Crippen LogP contribution in [0.3, 0.4) is 0 Å². The maximum atomic E-state index is 11.6. The number of carbonyl (C=O) groups excluding carboxylic acids is 1. The highest BCUT2D eigenvalue weighted by Gasteiger charge is 2.45. The van der Waals surface area contributed by atoms with E-state index in [4.69, 9.17) is 5.11 Å². The van der Waals surface area contributed by atoms with Crippen molar-refractivity contribution in [2.24, 2.45) is 0 Å². The van der Waals surface area contributed by atoms with Crippen LogP contribution in [0.25, 0.3) is 0 Å². The van der Waals surface area contributed by atoms with E-state index in [0.29, 0.717) is 19.3 Å². The van der Waals surface area contributed by atoms with Gasteiger partial charge in [0, 0.05) is 6.42 Å². The van der Waals surface area contributed by atoms with E-state index in [0.717, 1.165) is 10.5 Å². The molecule has 1 aliphatic rings. The summed E-state index contributed by atoms with van der Waals surface area (Å²) in [7, 11) is 0. The summed E-state index contributed by atoms with van der Waals surface area (Å²) in [5.74, 6) is -0.295. The molecule has 90 valence electrons. The molecule has 0 radical (unpaired) electrons. The molecule has 1 heterocycles. The van der Waals surface area contributed by atoms with Crippen LogP contribution < -0.4 is 0 Å². The second kappa shape index (κ2) is 4.20. The number of nitrogens with zero attached hydrogens (tertiary/aromatic N) is 1. The largest absolute Gasteiger partial charge is 0.465 e. The Bertz CT molecular complexity index is 443. The maximum absolute atomic E-state index is 11.6. The Morgan fingerprint density at radius 3 is 2.65 bits per heavy atom. The van der Waals surface area contributed by atoms with Crippen molar-refractivity contribution in [3.63, 3.8) is 0 Å². The number of hydrogen-bond donors (Lipinski definition) is 1. The zero-order valence-corrected chi connectivity index (χ0v) is 9.72. The molecular weight excluding hydrogens is 218 g/mol. The van der Waals surface area contributed by atoms with Crippen molar-refractivity contribution >= 4 is 12.0 Å². The van der Waals surface area contributed by atoms with Crippen molar-refractivity contribution in [3.8, 4) is 0 Å². The summed E-state index contributed by atoms with van der Waals surface area (Å²) in [6.07, 6.45) is 0.333. The van der Waals surface area contributed by atoms with E-state index in [1.165, 1.54) is 0 Å². The van der Waals surface area contributed by atoms with Crippen molar-refractivity contribution in [2.75, 3.05) is 0 Å². The Kier molecular flexibility index (Phi) is 2.88. The summed E-state index contributed by atoms with van der Waals surface area (Å²) in [5.41, 5.74) is 0.445. The van der Waals surface area contributed by atoms with Crippen LogP contribution in [0.15, 0.2) is 30.3 Å². The molecule has 1 atom stereocenters. The van der Waals surface area contributed by atoms with E-state index in [1.807, 2.05) is 37.3 Å². The SMILES string of the molecule is CC1(Cc2ccccc2)CCC(=O)N1C(=O)O. The van der Waals surface area contributed by atoms with Crippen molar-refractivity contribution in [3.05, 3.63) is 35.9 Å². The lowest BCUT2D eigenvalue weighted by Crippen LogP contribution is -2.48. The number of benzene rings is 1. The molecule has 4 nitrogen and oxygen atoms in total. The zero-order chi connectivity index (χ0) is 12.5. The highest BCUT2D eigenvalue weighted by atomic mass is 16.4. The monoisotopic (exact) mass is 233 g/mol. The highest BCUT2D eigenvalue weighted by Crippen LogP contribution is 2.33. The normalized spacial score (nSPS) is 24.1. The van der Waals surface area contributed by atoms with Crippen LogP contribution >= 0.6 is 0 Å². The first-order chi connectivity index (χ1) is 8.03. The van der Waals surface area contributed by atoms with E-state index in [-0.39, 0.29) is 5.91 Å². The molecule has 0 spiro atoms. The topological polar surface area (TPSA) is 57.6 Å². The Labute approximate surface area is 99.9 Å². The predicted octanol–water partition coefficient (Wildman–Crippen LogP) is 2.29. The third-order valence-electron chi connectivity index (χ3n) is 3.29. The van der Waals surface area contributed by atoms with Crippen molar-refractivity contribution < 1.29 is 14.7 Å². The zero-order valence-electron chi connectivity index (χ0n) is 9.72. The Morgan fingerprint density at radius 1 is 1.41 bits per heavy atom. The lowest BCUT2D eigenvalue weighted by Gasteiger charge is -2.31. The maximum Gasteiger partial charge on any atom is 0.414 e. The van der Waals surface area contributed by atoms with Gasteiger partial charge in [-0.1, -0.05) is 30.3 Å². The van der Waals surface area contributed by atoms with Crippen LogP contribution in [0.1, 0.15) is 25.3 Å². The Hall–Kier alpha value is -1.84. The van der Waals surface area contributed by atoms with Crippen LogP contribution in [0.4, 0.5) is 4.79 Å². The van der Waals surface area contributed by atoms with Gasteiger partial charge in [0.05, 0.1) is 5.54 Å². The van der Waals surface area contributed by atoms with Gasteiger partial charge in [-0.05, 0) is 25.3 Å². The van der Waals surface area contributed by atoms with Gasteiger partial charge < -0.3 is 5.11 Å². The average molecular weight is 233 g/mol. The van der Waals surface area contributed by atoms with Crippen LogP contribution in [-0.4, -0.2) is 27.5 Å². The van der Waals surface area contributed by atoms with Gasteiger partial charge >= 0.3 is 6.09 Å². The second-order valence-corrected chi connectivity index (χ2v) is 4.67. The highest BCUT2D eigenvalue weighted by molar-refractivity contribution is 5.94. The molecule has 1 aromatic rings. The lowest BCUT2D eigenvalue weighted by atomic mass is 9.90. The third kappa shape index (κ3) is 2.16. The first-order valence-corrected chi connectivity index (χ1v) is 5.63. The fourth-order valence-electron chi connectivity index (χ4n) is 2.44. The molecule has 0 saturated carbocycles. The quantitative estimate of drug-likeness (QED) is 0.852. The fourth-order valence-corrected chi connectivity index (χ4v) is 2.44. The number of likely N-dealkylation sites (tertiary alicyclic amines) is 1.